The molecule has 7 nitrogen and oxygen atoms in total. The fourth-order valence-corrected chi connectivity index (χ4v) is 3.38. The zero-order chi connectivity index (χ0) is 20.3. The van der Waals surface area contributed by atoms with Crippen LogP contribution in [-0.2, 0) is 16.0 Å². The van der Waals surface area contributed by atoms with E-state index in [0.717, 1.165) is 69.4 Å². The quantitative estimate of drug-likeness (QED) is 0.395. The summed E-state index contributed by atoms with van der Waals surface area (Å²) >= 11 is 0. The van der Waals surface area contributed by atoms with Crippen molar-refractivity contribution in [3.8, 4) is 11.3 Å². The lowest BCUT2D eigenvalue weighted by Gasteiger charge is -2.34. The molecule has 1 fully saturated rings. The standard InChI is InChI=1S/C22H32N4O3/c1-3-23-22(26-12-10-19(11-13-26)28-15-7-14-27-2)25-17-21-24-16-20(29-21)18-8-5-4-6-9-18/h4-6,8-9,16,19H,3,7,10-15,17H2,1-2H3,(H,23,25). The summed E-state index contributed by atoms with van der Waals surface area (Å²) in [6, 6.07) is 9.99. The molecule has 2 heterocycles. The van der Waals surface area contributed by atoms with Crippen LogP contribution >= 0.6 is 0 Å². The monoisotopic (exact) mass is 400 g/mol. The van der Waals surface area contributed by atoms with Crippen LogP contribution in [-0.4, -0.2) is 61.9 Å². The van der Waals surface area contributed by atoms with E-state index in [1.54, 1.807) is 13.3 Å². The summed E-state index contributed by atoms with van der Waals surface area (Å²) in [5, 5.41) is 3.38. The Bertz CT molecular complexity index is 740. The molecule has 0 aliphatic carbocycles. The molecule has 0 unspecified atom stereocenters. The normalized spacial score (nSPS) is 15.7. The average Bonchev–Trinajstić information content (AvgIpc) is 3.24. The molecule has 158 valence electrons. The first-order valence-corrected chi connectivity index (χ1v) is 10.4. The van der Waals surface area contributed by atoms with Gasteiger partial charge in [0.05, 0.1) is 12.3 Å². The van der Waals surface area contributed by atoms with E-state index in [1.807, 2.05) is 30.3 Å². The molecule has 0 saturated carbocycles. The Morgan fingerprint density at radius 1 is 1.24 bits per heavy atom. The van der Waals surface area contributed by atoms with Crippen LogP contribution in [0.15, 0.2) is 45.9 Å². The summed E-state index contributed by atoms with van der Waals surface area (Å²) in [5.74, 6) is 2.30. The average molecular weight is 401 g/mol. The molecule has 1 aliphatic rings. The fraction of sp³-hybridized carbons (Fsp3) is 0.545. The number of ether oxygens (including phenoxy) is 2. The Morgan fingerprint density at radius 3 is 2.76 bits per heavy atom. The van der Waals surface area contributed by atoms with Gasteiger partial charge in [0.15, 0.2) is 11.7 Å². The van der Waals surface area contributed by atoms with E-state index >= 15 is 0 Å². The minimum Gasteiger partial charge on any atom is -0.439 e. The van der Waals surface area contributed by atoms with Crippen molar-refractivity contribution in [3.63, 3.8) is 0 Å². The van der Waals surface area contributed by atoms with Gasteiger partial charge in [-0.3, -0.25) is 0 Å². The lowest BCUT2D eigenvalue weighted by Crippen LogP contribution is -2.47. The molecule has 1 aromatic heterocycles. The van der Waals surface area contributed by atoms with Crippen LogP contribution in [0.1, 0.15) is 32.1 Å². The van der Waals surface area contributed by atoms with Gasteiger partial charge < -0.3 is 24.1 Å². The van der Waals surface area contributed by atoms with E-state index in [1.165, 1.54) is 0 Å². The number of guanidine groups is 1. The first kappa shape index (κ1) is 21.3. The van der Waals surface area contributed by atoms with Gasteiger partial charge in [-0.05, 0) is 26.2 Å². The van der Waals surface area contributed by atoms with Gasteiger partial charge in [0.2, 0.25) is 5.89 Å². The highest BCUT2D eigenvalue weighted by atomic mass is 16.5. The van der Waals surface area contributed by atoms with E-state index in [-0.39, 0.29) is 0 Å². The van der Waals surface area contributed by atoms with Gasteiger partial charge in [-0.1, -0.05) is 30.3 Å². The molecule has 0 radical (unpaired) electrons. The summed E-state index contributed by atoms with van der Waals surface area (Å²) < 4.78 is 16.9. The summed E-state index contributed by atoms with van der Waals surface area (Å²) in [6.45, 7) is 6.71. The number of hydrogen-bond acceptors (Lipinski definition) is 5. The number of aliphatic imine (C=N–C) groups is 1. The SMILES string of the molecule is CCNC(=NCc1ncc(-c2ccccc2)o1)N1CCC(OCCCOC)CC1. The molecule has 1 aliphatic heterocycles. The largest absolute Gasteiger partial charge is 0.439 e. The van der Waals surface area contributed by atoms with Gasteiger partial charge in [0, 0.05) is 45.5 Å². The van der Waals surface area contributed by atoms with Crippen molar-refractivity contribution < 1.29 is 13.9 Å². The number of piperidine rings is 1. The number of benzene rings is 1. The molecule has 1 aromatic carbocycles. The minimum absolute atomic E-state index is 0.325. The van der Waals surface area contributed by atoms with Crippen LogP contribution in [0.25, 0.3) is 11.3 Å². The highest BCUT2D eigenvalue weighted by molar-refractivity contribution is 5.80. The molecule has 29 heavy (non-hydrogen) atoms. The highest BCUT2D eigenvalue weighted by Gasteiger charge is 2.22. The van der Waals surface area contributed by atoms with Gasteiger partial charge in [0.25, 0.3) is 0 Å². The van der Waals surface area contributed by atoms with Crippen LogP contribution in [0.2, 0.25) is 0 Å². The Hall–Kier alpha value is -2.38. The molecule has 0 atom stereocenters. The van der Waals surface area contributed by atoms with Crippen molar-refractivity contribution in [1.29, 1.82) is 0 Å². The molecule has 0 amide bonds. The summed E-state index contributed by atoms with van der Waals surface area (Å²) in [6.07, 6.45) is 5.05. The van der Waals surface area contributed by atoms with Crippen LogP contribution in [0.4, 0.5) is 0 Å². The number of aromatic nitrogens is 1. The van der Waals surface area contributed by atoms with Crippen molar-refractivity contribution in [2.45, 2.75) is 38.8 Å². The van der Waals surface area contributed by atoms with E-state index in [9.17, 15) is 0 Å². The summed E-state index contributed by atoms with van der Waals surface area (Å²) in [7, 11) is 1.72. The zero-order valence-electron chi connectivity index (χ0n) is 17.5. The van der Waals surface area contributed by atoms with Crippen LogP contribution < -0.4 is 5.32 Å². The number of methoxy groups -OCH3 is 1. The smallest absolute Gasteiger partial charge is 0.216 e. The third kappa shape index (κ3) is 6.58. The maximum atomic E-state index is 5.96. The van der Waals surface area contributed by atoms with Crippen LogP contribution in [0.3, 0.4) is 0 Å². The van der Waals surface area contributed by atoms with Gasteiger partial charge in [-0.25, -0.2) is 9.98 Å². The number of likely N-dealkylation sites (tertiary alicyclic amines) is 1. The lowest BCUT2D eigenvalue weighted by molar-refractivity contribution is 0.00989. The van der Waals surface area contributed by atoms with Gasteiger partial charge in [-0.2, -0.15) is 0 Å². The van der Waals surface area contributed by atoms with E-state index in [0.29, 0.717) is 18.5 Å². The Morgan fingerprint density at radius 2 is 2.03 bits per heavy atom. The van der Waals surface area contributed by atoms with E-state index in [4.69, 9.17) is 18.9 Å². The number of nitrogens with zero attached hydrogens (tertiary/aromatic N) is 3. The predicted molar refractivity (Wildman–Crippen MR) is 114 cm³/mol. The van der Waals surface area contributed by atoms with Crippen molar-refractivity contribution in [3.05, 3.63) is 42.4 Å². The van der Waals surface area contributed by atoms with E-state index in [2.05, 4.69) is 22.1 Å². The molecule has 0 spiro atoms. The number of rotatable bonds is 9. The first-order valence-electron chi connectivity index (χ1n) is 10.4. The topological polar surface area (TPSA) is 72.1 Å². The molecule has 0 bridgehead atoms. The molecular weight excluding hydrogens is 368 g/mol. The third-order valence-electron chi connectivity index (χ3n) is 4.90. The van der Waals surface area contributed by atoms with Crippen molar-refractivity contribution >= 4 is 5.96 Å². The van der Waals surface area contributed by atoms with Gasteiger partial charge >= 0.3 is 0 Å². The number of hydrogen-bond donors (Lipinski definition) is 1. The lowest BCUT2D eigenvalue weighted by atomic mass is 10.1. The highest BCUT2D eigenvalue weighted by Crippen LogP contribution is 2.20. The molecule has 7 heteroatoms. The van der Waals surface area contributed by atoms with Crippen molar-refractivity contribution in [2.24, 2.45) is 4.99 Å². The van der Waals surface area contributed by atoms with Gasteiger partial charge in [0.1, 0.15) is 6.54 Å². The molecule has 1 saturated heterocycles. The summed E-state index contributed by atoms with van der Waals surface area (Å²) in [5.41, 5.74) is 1.02. The minimum atomic E-state index is 0.325. The Kier molecular flexibility index (Phi) is 8.52. The van der Waals surface area contributed by atoms with Gasteiger partial charge in [-0.15, -0.1) is 0 Å². The molecule has 1 N–H and O–H groups in total. The maximum absolute atomic E-state index is 5.96. The molecule has 2 aromatic rings. The van der Waals surface area contributed by atoms with Crippen LogP contribution in [0, 0.1) is 0 Å². The third-order valence-corrected chi connectivity index (χ3v) is 4.90. The Balaban J connectivity index is 1.52. The van der Waals surface area contributed by atoms with Crippen molar-refractivity contribution in [2.75, 3.05) is 40.0 Å². The second-order valence-electron chi connectivity index (χ2n) is 7.06. The maximum Gasteiger partial charge on any atom is 0.216 e. The number of nitrogens with one attached hydrogen (secondary N) is 1. The predicted octanol–water partition coefficient (Wildman–Crippen LogP) is 3.32. The second-order valence-corrected chi connectivity index (χ2v) is 7.06. The zero-order valence-corrected chi connectivity index (χ0v) is 17.5. The van der Waals surface area contributed by atoms with E-state index < -0.39 is 0 Å². The van der Waals surface area contributed by atoms with Crippen molar-refractivity contribution in [1.82, 2.24) is 15.2 Å². The fourth-order valence-electron chi connectivity index (χ4n) is 3.38. The molecule has 3 rings (SSSR count). The number of oxazole rings is 1. The second kappa shape index (κ2) is 11.6. The Labute approximate surface area is 173 Å². The van der Waals surface area contributed by atoms with Crippen LogP contribution in [0.5, 0.6) is 0 Å². The molecular formula is C22H32N4O3. The summed E-state index contributed by atoms with van der Waals surface area (Å²) in [4.78, 5) is 11.4. The first-order chi connectivity index (χ1) is 14.3.